The van der Waals surface area contributed by atoms with Gasteiger partial charge in [0.15, 0.2) is 5.82 Å². The maximum absolute atomic E-state index is 11.9. The van der Waals surface area contributed by atoms with Gasteiger partial charge in [0.1, 0.15) is 16.2 Å². The van der Waals surface area contributed by atoms with E-state index < -0.39 is 5.97 Å². The Labute approximate surface area is 116 Å². The number of nitrogens with zero attached hydrogens (tertiary/aromatic N) is 2. The zero-order valence-corrected chi connectivity index (χ0v) is 11.5. The van der Waals surface area contributed by atoms with Crippen molar-refractivity contribution in [1.82, 2.24) is 15.1 Å². The van der Waals surface area contributed by atoms with Gasteiger partial charge in [0.2, 0.25) is 0 Å². The molecule has 0 atom stereocenters. The average Bonchev–Trinajstić information content (AvgIpc) is 2.81. The van der Waals surface area contributed by atoms with E-state index in [4.69, 9.17) is 27.4 Å². The van der Waals surface area contributed by atoms with Gasteiger partial charge in [-0.2, -0.15) is 5.10 Å². The van der Waals surface area contributed by atoms with E-state index in [1.807, 2.05) is 4.90 Å². The van der Waals surface area contributed by atoms with Crippen LogP contribution in [0, 0.1) is 0 Å². The van der Waals surface area contributed by atoms with Crippen LogP contribution in [0.3, 0.4) is 0 Å². The summed E-state index contributed by atoms with van der Waals surface area (Å²) in [5.74, 6) is -0.414. The summed E-state index contributed by atoms with van der Waals surface area (Å²) in [5, 5.41) is 6.55. The van der Waals surface area contributed by atoms with Crippen molar-refractivity contribution in [3.05, 3.63) is 11.3 Å². The molecule has 0 unspecified atom stereocenters. The molecule has 0 bridgehead atoms. The molecule has 1 fully saturated rings. The summed E-state index contributed by atoms with van der Waals surface area (Å²) in [5.41, 5.74) is 6.34. The van der Waals surface area contributed by atoms with Gasteiger partial charge in [-0.3, -0.25) is 5.10 Å². The highest BCUT2D eigenvalue weighted by Gasteiger charge is 2.26. The van der Waals surface area contributed by atoms with E-state index in [1.165, 1.54) is 0 Å². The minimum atomic E-state index is -0.514. The van der Waals surface area contributed by atoms with E-state index in [0.29, 0.717) is 37.0 Å². The highest BCUT2D eigenvalue weighted by molar-refractivity contribution is 7.80. The van der Waals surface area contributed by atoms with E-state index in [9.17, 15) is 4.79 Å². The number of aromatic amines is 1. The molecule has 1 aromatic heterocycles. The summed E-state index contributed by atoms with van der Waals surface area (Å²) < 4.78 is 10.2. The number of carbonyl (C=O) groups excluding carboxylic acids is 1. The van der Waals surface area contributed by atoms with Crippen molar-refractivity contribution in [3.8, 4) is 0 Å². The third kappa shape index (κ3) is 2.85. The van der Waals surface area contributed by atoms with E-state index >= 15 is 0 Å². The molecule has 1 aromatic rings. The predicted octanol–water partition coefficient (Wildman–Crippen LogP) is 0.176. The number of esters is 1. The summed E-state index contributed by atoms with van der Waals surface area (Å²) in [6.07, 6.45) is 0. The van der Waals surface area contributed by atoms with E-state index in [2.05, 4.69) is 10.2 Å². The molecule has 2 rings (SSSR count). The van der Waals surface area contributed by atoms with E-state index in [-0.39, 0.29) is 18.0 Å². The lowest BCUT2D eigenvalue weighted by molar-refractivity contribution is 0.0527. The quantitative estimate of drug-likeness (QED) is 0.604. The van der Waals surface area contributed by atoms with Crippen molar-refractivity contribution >= 4 is 29.0 Å². The van der Waals surface area contributed by atoms with Crippen molar-refractivity contribution < 1.29 is 14.3 Å². The largest absolute Gasteiger partial charge is 0.462 e. The van der Waals surface area contributed by atoms with Gasteiger partial charge in [0, 0.05) is 13.1 Å². The summed E-state index contributed by atoms with van der Waals surface area (Å²) in [4.78, 5) is 14.3. The Morgan fingerprint density at radius 3 is 2.89 bits per heavy atom. The van der Waals surface area contributed by atoms with Gasteiger partial charge in [-0.05, 0) is 6.92 Å². The zero-order valence-electron chi connectivity index (χ0n) is 10.6. The van der Waals surface area contributed by atoms with Crippen LogP contribution in [0.4, 0.5) is 5.82 Å². The van der Waals surface area contributed by atoms with Crippen molar-refractivity contribution in [3.63, 3.8) is 0 Å². The molecule has 0 radical (unpaired) electrons. The fourth-order valence-corrected chi connectivity index (χ4v) is 2.18. The monoisotopic (exact) mass is 284 g/mol. The maximum Gasteiger partial charge on any atom is 0.344 e. The number of morpholine rings is 1. The Morgan fingerprint density at radius 2 is 2.26 bits per heavy atom. The lowest BCUT2D eigenvalue weighted by Crippen LogP contribution is -2.40. The van der Waals surface area contributed by atoms with Crippen LogP contribution in [0.25, 0.3) is 0 Å². The lowest BCUT2D eigenvalue weighted by Gasteiger charge is -2.28. The maximum atomic E-state index is 11.9. The Hall–Kier alpha value is -1.67. The standard InChI is InChI=1S/C11H16N4O3S/c1-2-18-11(16)7-8(13-14-9(7)12)10(19)15-3-5-17-6-4-15/h2-6H2,1H3,(H3,12,13,14). The first kappa shape index (κ1) is 13.8. The van der Waals surface area contributed by atoms with Crippen LogP contribution in [0.2, 0.25) is 0 Å². The first-order valence-electron chi connectivity index (χ1n) is 6.03. The number of thiocarbonyl (C=S) groups is 1. The molecular weight excluding hydrogens is 268 g/mol. The summed E-state index contributed by atoms with van der Waals surface area (Å²) in [7, 11) is 0. The molecule has 19 heavy (non-hydrogen) atoms. The molecule has 3 N–H and O–H groups in total. The number of ether oxygens (including phenoxy) is 2. The highest BCUT2D eigenvalue weighted by Crippen LogP contribution is 2.18. The van der Waals surface area contributed by atoms with Gasteiger partial charge < -0.3 is 20.1 Å². The smallest absolute Gasteiger partial charge is 0.344 e. The third-order valence-electron chi connectivity index (χ3n) is 2.79. The molecule has 0 amide bonds. The van der Waals surface area contributed by atoms with Gasteiger partial charge >= 0.3 is 5.97 Å². The zero-order chi connectivity index (χ0) is 13.8. The lowest BCUT2D eigenvalue weighted by atomic mass is 10.2. The minimum absolute atomic E-state index is 0.101. The van der Waals surface area contributed by atoms with Crippen LogP contribution in [0.1, 0.15) is 23.0 Å². The van der Waals surface area contributed by atoms with Crippen LogP contribution in [0.15, 0.2) is 0 Å². The molecule has 0 spiro atoms. The molecule has 1 aliphatic rings. The Morgan fingerprint density at radius 1 is 1.58 bits per heavy atom. The number of aromatic nitrogens is 2. The van der Waals surface area contributed by atoms with E-state index in [0.717, 1.165) is 0 Å². The van der Waals surface area contributed by atoms with Crippen molar-refractivity contribution in [2.45, 2.75) is 6.92 Å². The van der Waals surface area contributed by atoms with Gasteiger partial charge in [0.25, 0.3) is 0 Å². The second kappa shape index (κ2) is 5.98. The van der Waals surface area contributed by atoms with Gasteiger partial charge in [-0.25, -0.2) is 4.79 Å². The van der Waals surface area contributed by atoms with Crippen LogP contribution in [-0.2, 0) is 9.47 Å². The average molecular weight is 284 g/mol. The normalized spacial score (nSPS) is 15.3. The Balaban J connectivity index is 2.24. The molecule has 0 aromatic carbocycles. The third-order valence-corrected chi connectivity index (χ3v) is 3.25. The molecule has 1 aliphatic heterocycles. The number of H-pyrrole nitrogens is 1. The molecule has 104 valence electrons. The SMILES string of the molecule is CCOC(=O)c1c(N)n[nH]c1C(=S)N1CCOCC1. The van der Waals surface area contributed by atoms with Gasteiger partial charge in [0.05, 0.1) is 19.8 Å². The second-order valence-electron chi connectivity index (χ2n) is 3.98. The van der Waals surface area contributed by atoms with Crippen LogP contribution in [-0.4, -0.2) is 59.0 Å². The van der Waals surface area contributed by atoms with Crippen molar-refractivity contribution in [1.29, 1.82) is 0 Å². The van der Waals surface area contributed by atoms with Crippen LogP contribution < -0.4 is 5.73 Å². The first-order chi connectivity index (χ1) is 9.15. The van der Waals surface area contributed by atoms with Gasteiger partial charge in [-0.1, -0.05) is 12.2 Å². The summed E-state index contributed by atoms with van der Waals surface area (Å²) in [6.45, 7) is 4.58. The molecule has 7 nitrogen and oxygen atoms in total. The molecule has 2 heterocycles. The summed E-state index contributed by atoms with van der Waals surface area (Å²) >= 11 is 5.38. The van der Waals surface area contributed by atoms with Crippen LogP contribution in [0.5, 0.6) is 0 Å². The number of carbonyl (C=O) groups is 1. The first-order valence-corrected chi connectivity index (χ1v) is 6.44. The van der Waals surface area contributed by atoms with E-state index in [1.54, 1.807) is 6.92 Å². The summed E-state index contributed by atoms with van der Waals surface area (Å²) in [6, 6.07) is 0. The molecule has 0 saturated carbocycles. The number of anilines is 1. The van der Waals surface area contributed by atoms with Crippen molar-refractivity contribution in [2.24, 2.45) is 0 Å². The number of rotatable bonds is 3. The number of hydrogen-bond acceptors (Lipinski definition) is 6. The minimum Gasteiger partial charge on any atom is -0.462 e. The highest BCUT2D eigenvalue weighted by atomic mass is 32.1. The number of nitrogens with one attached hydrogen (secondary N) is 1. The predicted molar refractivity (Wildman–Crippen MR) is 73.0 cm³/mol. The van der Waals surface area contributed by atoms with Crippen LogP contribution >= 0.6 is 12.2 Å². The topological polar surface area (TPSA) is 93.5 Å². The molecular formula is C11H16N4O3S. The van der Waals surface area contributed by atoms with Gasteiger partial charge in [-0.15, -0.1) is 0 Å². The fourth-order valence-electron chi connectivity index (χ4n) is 1.85. The second-order valence-corrected chi connectivity index (χ2v) is 4.37. The molecule has 0 aliphatic carbocycles. The number of nitrogen functional groups attached to an aromatic ring is 1. The Kier molecular flexibility index (Phi) is 4.33. The molecule has 8 heteroatoms. The Bertz CT molecular complexity index is 482. The fraction of sp³-hybridized carbons (Fsp3) is 0.545. The number of hydrogen-bond donors (Lipinski definition) is 2. The molecule has 1 saturated heterocycles. The number of nitrogens with two attached hydrogens (primary N) is 1. The van der Waals surface area contributed by atoms with Crippen molar-refractivity contribution in [2.75, 3.05) is 38.6 Å².